The average molecular weight is 428 g/mol. The third-order valence-electron chi connectivity index (χ3n) is 5.64. The summed E-state index contributed by atoms with van der Waals surface area (Å²) >= 11 is 0. The number of nitriles is 1. The van der Waals surface area contributed by atoms with Crippen LogP contribution in [0.25, 0.3) is 0 Å². The zero-order chi connectivity index (χ0) is 23.2. The van der Waals surface area contributed by atoms with Crippen LogP contribution < -0.4 is 20.4 Å². The molecule has 0 radical (unpaired) electrons. The van der Waals surface area contributed by atoms with Crippen LogP contribution in [0.5, 0.6) is 0 Å². The third-order valence-corrected chi connectivity index (χ3v) is 5.64. The molecule has 1 aliphatic heterocycles. The Kier molecular flexibility index (Phi) is 8.46. The number of carbonyl (C=O) groups excluding carboxylic acids is 2. The van der Waals surface area contributed by atoms with Crippen molar-refractivity contribution in [2.75, 3.05) is 43.5 Å². The summed E-state index contributed by atoms with van der Waals surface area (Å²) in [4.78, 5) is 28.2. The maximum Gasteiger partial charge on any atom is 0.253 e. The van der Waals surface area contributed by atoms with Gasteiger partial charge in [0.05, 0.1) is 17.3 Å². The van der Waals surface area contributed by atoms with E-state index in [0.29, 0.717) is 11.5 Å². The lowest BCUT2D eigenvalue weighted by atomic mass is 10.0. The molecule has 1 aromatic rings. The highest BCUT2D eigenvalue weighted by Crippen LogP contribution is 2.39. The highest BCUT2D eigenvalue weighted by atomic mass is 16.2. The summed E-state index contributed by atoms with van der Waals surface area (Å²) in [5.41, 5.74) is 3.35. The lowest BCUT2D eigenvalue weighted by Gasteiger charge is -2.28. The SMILES string of the molecule is CC(C)(C)C#N.CNCC1CCN(c2ccc(C(=O)NC)c(N(C=O)C3CC3)c2C)C1. The van der Waals surface area contributed by atoms with E-state index in [1.807, 2.05) is 46.9 Å². The molecule has 31 heavy (non-hydrogen) atoms. The molecule has 1 saturated carbocycles. The number of carbonyl (C=O) groups is 2. The fraction of sp³-hybridized carbons (Fsp3) is 0.625. The van der Waals surface area contributed by atoms with Gasteiger partial charge in [0.25, 0.3) is 5.91 Å². The molecule has 170 valence electrons. The number of anilines is 2. The van der Waals surface area contributed by atoms with Gasteiger partial charge in [0, 0.05) is 37.3 Å². The van der Waals surface area contributed by atoms with Crippen LogP contribution in [0.1, 0.15) is 56.0 Å². The molecule has 1 aromatic carbocycles. The molecule has 3 rings (SSSR count). The van der Waals surface area contributed by atoms with Crippen molar-refractivity contribution < 1.29 is 9.59 Å². The fourth-order valence-electron chi connectivity index (χ4n) is 3.86. The average Bonchev–Trinajstić information content (AvgIpc) is 3.47. The second-order valence-electron chi connectivity index (χ2n) is 9.45. The van der Waals surface area contributed by atoms with Crippen LogP contribution in [0.4, 0.5) is 11.4 Å². The predicted molar refractivity (Wildman–Crippen MR) is 125 cm³/mol. The van der Waals surface area contributed by atoms with Crippen molar-refractivity contribution in [3.8, 4) is 6.07 Å². The quantitative estimate of drug-likeness (QED) is 0.653. The van der Waals surface area contributed by atoms with Crippen molar-refractivity contribution in [2.45, 2.75) is 53.0 Å². The van der Waals surface area contributed by atoms with E-state index in [2.05, 4.69) is 21.6 Å². The maximum atomic E-state index is 12.3. The monoisotopic (exact) mass is 427 g/mol. The van der Waals surface area contributed by atoms with E-state index < -0.39 is 0 Å². The molecule has 1 atom stereocenters. The van der Waals surface area contributed by atoms with Crippen LogP contribution in [0, 0.1) is 29.6 Å². The van der Waals surface area contributed by atoms with Gasteiger partial charge in [-0.25, -0.2) is 0 Å². The Morgan fingerprint density at radius 1 is 1.29 bits per heavy atom. The van der Waals surface area contributed by atoms with Crippen LogP contribution in [0.15, 0.2) is 12.1 Å². The van der Waals surface area contributed by atoms with Gasteiger partial charge in [-0.2, -0.15) is 5.26 Å². The van der Waals surface area contributed by atoms with Crippen molar-refractivity contribution in [2.24, 2.45) is 11.3 Å². The fourth-order valence-corrected chi connectivity index (χ4v) is 3.86. The summed E-state index contributed by atoms with van der Waals surface area (Å²) in [6.45, 7) is 10.7. The number of amides is 2. The van der Waals surface area contributed by atoms with E-state index in [9.17, 15) is 9.59 Å². The van der Waals surface area contributed by atoms with Gasteiger partial charge in [-0.1, -0.05) is 0 Å². The molecule has 7 nitrogen and oxygen atoms in total. The lowest BCUT2D eigenvalue weighted by Crippen LogP contribution is -2.30. The Labute approximate surface area is 186 Å². The van der Waals surface area contributed by atoms with Gasteiger partial charge < -0.3 is 20.4 Å². The Balaban J connectivity index is 0.000000501. The Morgan fingerprint density at radius 2 is 1.94 bits per heavy atom. The van der Waals surface area contributed by atoms with E-state index in [4.69, 9.17) is 5.26 Å². The number of hydrogen-bond acceptors (Lipinski definition) is 5. The number of nitrogens with zero attached hydrogens (tertiary/aromatic N) is 3. The smallest absolute Gasteiger partial charge is 0.253 e. The van der Waals surface area contributed by atoms with E-state index >= 15 is 0 Å². The molecule has 0 spiro atoms. The molecule has 1 heterocycles. The Hall–Kier alpha value is -2.59. The number of hydrogen-bond donors (Lipinski definition) is 2. The van der Waals surface area contributed by atoms with E-state index in [1.165, 1.54) is 0 Å². The van der Waals surface area contributed by atoms with Crippen LogP contribution in [-0.4, -0.2) is 52.1 Å². The van der Waals surface area contributed by atoms with E-state index in [1.54, 1.807) is 11.9 Å². The molecule has 2 amide bonds. The van der Waals surface area contributed by atoms with Gasteiger partial charge >= 0.3 is 0 Å². The van der Waals surface area contributed by atoms with Crippen LogP contribution in [-0.2, 0) is 4.79 Å². The minimum absolute atomic E-state index is 0.147. The van der Waals surface area contributed by atoms with Crippen LogP contribution >= 0.6 is 0 Å². The number of benzene rings is 1. The summed E-state index contributed by atoms with van der Waals surface area (Å²) < 4.78 is 0. The molecule has 0 aromatic heterocycles. The molecule has 2 fully saturated rings. The van der Waals surface area contributed by atoms with Gasteiger partial charge in [0.15, 0.2) is 0 Å². The molecule has 7 heteroatoms. The topological polar surface area (TPSA) is 88.5 Å². The van der Waals surface area contributed by atoms with Gasteiger partial charge in [-0.05, 0) is 84.2 Å². The highest BCUT2D eigenvalue weighted by Gasteiger charge is 2.34. The predicted octanol–water partition coefficient (Wildman–Crippen LogP) is 3.08. The second-order valence-corrected chi connectivity index (χ2v) is 9.45. The summed E-state index contributed by atoms with van der Waals surface area (Å²) in [5, 5.41) is 14.1. The van der Waals surface area contributed by atoms with E-state index in [-0.39, 0.29) is 17.4 Å². The maximum absolute atomic E-state index is 12.3. The van der Waals surface area contributed by atoms with Crippen molar-refractivity contribution in [1.82, 2.24) is 10.6 Å². The molecule has 2 aliphatic rings. The van der Waals surface area contributed by atoms with Crippen molar-refractivity contribution in [3.05, 3.63) is 23.3 Å². The zero-order valence-electron chi connectivity index (χ0n) is 19.8. The van der Waals surface area contributed by atoms with Crippen molar-refractivity contribution in [1.29, 1.82) is 5.26 Å². The summed E-state index contributed by atoms with van der Waals surface area (Å²) in [6.07, 6.45) is 4.05. The standard InChI is InChI=1S/C19H28N4O2.C5H9N/c1-13-17(22-9-8-14(11-22)10-20-2)7-6-16(19(25)21-3)18(13)23(12-24)15-4-5-15;1-5(2,3)4-6/h6-7,12,14-15,20H,4-5,8-11H2,1-3H3,(H,21,25);1-3H3. The van der Waals surface area contributed by atoms with Gasteiger partial charge in [-0.15, -0.1) is 0 Å². The molecule has 1 aliphatic carbocycles. The Bertz CT molecular complexity index is 820. The number of rotatable bonds is 7. The second kappa shape index (κ2) is 10.6. The first-order chi connectivity index (χ1) is 14.7. The first-order valence-electron chi connectivity index (χ1n) is 11.1. The van der Waals surface area contributed by atoms with Gasteiger partial charge in [0.1, 0.15) is 0 Å². The molecular formula is C24H37N5O2. The van der Waals surface area contributed by atoms with Crippen molar-refractivity contribution >= 4 is 23.7 Å². The van der Waals surface area contributed by atoms with Gasteiger partial charge in [-0.3, -0.25) is 9.59 Å². The third kappa shape index (κ3) is 6.44. The lowest BCUT2D eigenvalue weighted by molar-refractivity contribution is -0.107. The first-order valence-corrected chi connectivity index (χ1v) is 11.1. The minimum Gasteiger partial charge on any atom is -0.371 e. The largest absolute Gasteiger partial charge is 0.371 e. The van der Waals surface area contributed by atoms with Crippen LogP contribution in [0.2, 0.25) is 0 Å². The Morgan fingerprint density at radius 3 is 2.42 bits per heavy atom. The molecule has 2 N–H and O–H groups in total. The number of nitrogens with one attached hydrogen (secondary N) is 2. The van der Waals surface area contributed by atoms with E-state index in [0.717, 1.165) is 62.2 Å². The van der Waals surface area contributed by atoms with Gasteiger partial charge in [0.2, 0.25) is 6.41 Å². The van der Waals surface area contributed by atoms with Crippen molar-refractivity contribution in [3.63, 3.8) is 0 Å². The molecule has 0 bridgehead atoms. The first kappa shape index (κ1) is 24.7. The molecule has 1 unspecified atom stereocenters. The minimum atomic E-state index is -0.153. The normalized spacial score (nSPS) is 18.0. The van der Waals surface area contributed by atoms with Crippen LogP contribution in [0.3, 0.4) is 0 Å². The zero-order valence-corrected chi connectivity index (χ0v) is 19.8. The summed E-state index contributed by atoms with van der Waals surface area (Å²) in [7, 11) is 3.61. The molecule has 1 saturated heterocycles. The highest BCUT2D eigenvalue weighted by molar-refractivity contribution is 6.04. The summed E-state index contributed by atoms with van der Waals surface area (Å²) in [6, 6.07) is 6.22. The molecular weight excluding hydrogens is 390 g/mol. The summed E-state index contributed by atoms with van der Waals surface area (Å²) in [5.74, 6) is 0.490.